The normalized spacial score (nSPS) is 19.5. The average Bonchev–Trinajstić information content (AvgIpc) is 2.76. The van der Waals surface area contributed by atoms with E-state index < -0.39 is 0 Å². The Balaban J connectivity index is 1.95. The maximum absolute atomic E-state index is 9.86. The first-order valence-electron chi connectivity index (χ1n) is 6.79. The first-order valence-corrected chi connectivity index (χ1v) is 6.79. The summed E-state index contributed by atoms with van der Waals surface area (Å²) in [5.41, 5.74) is 0. The summed E-state index contributed by atoms with van der Waals surface area (Å²) in [6.45, 7) is 6.05. The molecule has 0 aromatic rings. The lowest BCUT2D eigenvalue weighted by molar-refractivity contribution is 0.140. The molecule has 96 valence electrons. The van der Waals surface area contributed by atoms with Crippen molar-refractivity contribution in [3.05, 3.63) is 0 Å². The Bertz CT molecular complexity index is 169. The van der Waals surface area contributed by atoms with E-state index in [0.29, 0.717) is 0 Å². The highest BCUT2D eigenvalue weighted by molar-refractivity contribution is 4.72. The monoisotopic (exact) mass is 228 g/mol. The predicted molar refractivity (Wildman–Crippen MR) is 68.6 cm³/mol. The number of likely N-dealkylation sites (N-methyl/N-ethyl adjacent to an activating group) is 1. The van der Waals surface area contributed by atoms with E-state index in [9.17, 15) is 5.11 Å². The molecule has 3 heteroatoms. The van der Waals surface area contributed by atoms with E-state index in [2.05, 4.69) is 24.2 Å². The van der Waals surface area contributed by atoms with Crippen LogP contribution in [0, 0.1) is 5.92 Å². The van der Waals surface area contributed by atoms with Crippen LogP contribution in [0.25, 0.3) is 0 Å². The number of hydrogen-bond donors (Lipinski definition) is 2. The molecule has 0 radical (unpaired) electrons. The lowest BCUT2D eigenvalue weighted by Gasteiger charge is -2.18. The molecule has 0 heterocycles. The fourth-order valence-electron chi connectivity index (χ4n) is 2.41. The SMILES string of the molecule is CCN(C)CCNCC(O)CC1CCCC1. The molecule has 0 aromatic carbocycles. The van der Waals surface area contributed by atoms with Crippen molar-refractivity contribution in [3.63, 3.8) is 0 Å². The van der Waals surface area contributed by atoms with Crippen LogP contribution in [0.4, 0.5) is 0 Å². The molecule has 2 N–H and O–H groups in total. The third kappa shape index (κ3) is 5.83. The molecular weight excluding hydrogens is 200 g/mol. The van der Waals surface area contributed by atoms with E-state index in [4.69, 9.17) is 0 Å². The van der Waals surface area contributed by atoms with Crippen molar-refractivity contribution in [1.82, 2.24) is 10.2 Å². The van der Waals surface area contributed by atoms with Crippen molar-refractivity contribution < 1.29 is 5.11 Å². The first kappa shape index (κ1) is 13.9. The minimum Gasteiger partial charge on any atom is -0.392 e. The minimum absolute atomic E-state index is 0.143. The molecule has 1 aliphatic rings. The van der Waals surface area contributed by atoms with E-state index in [1.165, 1.54) is 25.7 Å². The Hall–Kier alpha value is -0.120. The summed E-state index contributed by atoms with van der Waals surface area (Å²) in [5.74, 6) is 0.787. The number of hydrogen-bond acceptors (Lipinski definition) is 3. The highest BCUT2D eigenvalue weighted by Crippen LogP contribution is 2.28. The maximum Gasteiger partial charge on any atom is 0.0667 e. The van der Waals surface area contributed by atoms with Crippen molar-refractivity contribution in [2.45, 2.75) is 45.1 Å². The Morgan fingerprint density at radius 1 is 1.38 bits per heavy atom. The third-order valence-corrected chi connectivity index (χ3v) is 3.67. The summed E-state index contributed by atoms with van der Waals surface area (Å²) in [7, 11) is 2.12. The highest BCUT2D eigenvalue weighted by atomic mass is 16.3. The van der Waals surface area contributed by atoms with Gasteiger partial charge in [-0.3, -0.25) is 0 Å². The van der Waals surface area contributed by atoms with Crippen LogP contribution in [0.5, 0.6) is 0 Å². The summed E-state index contributed by atoms with van der Waals surface area (Å²) < 4.78 is 0. The predicted octanol–water partition coefficient (Wildman–Crippen LogP) is 1.47. The van der Waals surface area contributed by atoms with Crippen molar-refractivity contribution in [1.29, 1.82) is 0 Å². The van der Waals surface area contributed by atoms with Crippen LogP contribution in [0.1, 0.15) is 39.0 Å². The molecule has 0 spiro atoms. The Labute approximate surface area is 100 Å². The maximum atomic E-state index is 9.86. The summed E-state index contributed by atoms with van der Waals surface area (Å²) >= 11 is 0. The van der Waals surface area contributed by atoms with Gasteiger partial charge in [-0.05, 0) is 25.9 Å². The van der Waals surface area contributed by atoms with E-state index in [0.717, 1.165) is 38.5 Å². The van der Waals surface area contributed by atoms with E-state index in [1.807, 2.05) is 0 Å². The zero-order chi connectivity index (χ0) is 11.8. The molecule has 0 amide bonds. The van der Waals surface area contributed by atoms with Gasteiger partial charge in [0.25, 0.3) is 0 Å². The number of rotatable bonds is 8. The average molecular weight is 228 g/mol. The third-order valence-electron chi connectivity index (χ3n) is 3.67. The van der Waals surface area contributed by atoms with E-state index in [-0.39, 0.29) is 6.10 Å². The Morgan fingerprint density at radius 3 is 2.69 bits per heavy atom. The topological polar surface area (TPSA) is 35.5 Å². The zero-order valence-electron chi connectivity index (χ0n) is 10.9. The summed E-state index contributed by atoms with van der Waals surface area (Å²) in [6, 6.07) is 0. The van der Waals surface area contributed by atoms with Gasteiger partial charge in [-0.15, -0.1) is 0 Å². The molecule has 0 aliphatic heterocycles. The van der Waals surface area contributed by atoms with Crippen molar-refractivity contribution in [3.8, 4) is 0 Å². The summed E-state index contributed by atoms with van der Waals surface area (Å²) in [6.07, 6.45) is 6.25. The van der Waals surface area contributed by atoms with Crippen LogP contribution in [-0.4, -0.2) is 49.3 Å². The molecule has 0 aromatic heterocycles. The molecule has 1 unspecified atom stereocenters. The van der Waals surface area contributed by atoms with Gasteiger partial charge >= 0.3 is 0 Å². The zero-order valence-corrected chi connectivity index (χ0v) is 10.9. The molecule has 1 fully saturated rings. The number of nitrogens with one attached hydrogen (secondary N) is 1. The molecule has 3 nitrogen and oxygen atoms in total. The Kier molecular flexibility index (Phi) is 7.01. The molecule has 1 saturated carbocycles. The van der Waals surface area contributed by atoms with Gasteiger partial charge in [0.15, 0.2) is 0 Å². The molecule has 0 saturated heterocycles. The second-order valence-electron chi connectivity index (χ2n) is 5.14. The first-order chi connectivity index (χ1) is 7.72. The molecule has 1 aliphatic carbocycles. The van der Waals surface area contributed by atoms with E-state index >= 15 is 0 Å². The molecule has 16 heavy (non-hydrogen) atoms. The van der Waals surface area contributed by atoms with Crippen LogP contribution < -0.4 is 5.32 Å². The fourth-order valence-corrected chi connectivity index (χ4v) is 2.41. The lowest BCUT2D eigenvalue weighted by Crippen LogP contribution is -2.34. The van der Waals surface area contributed by atoms with Crippen LogP contribution in [0.2, 0.25) is 0 Å². The van der Waals surface area contributed by atoms with Gasteiger partial charge in [-0.25, -0.2) is 0 Å². The van der Waals surface area contributed by atoms with Crippen molar-refractivity contribution in [2.24, 2.45) is 5.92 Å². The van der Waals surface area contributed by atoms with Gasteiger partial charge in [0, 0.05) is 19.6 Å². The Morgan fingerprint density at radius 2 is 2.06 bits per heavy atom. The molecule has 0 bridgehead atoms. The second kappa shape index (κ2) is 8.04. The second-order valence-corrected chi connectivity index (χ2v) is 5.14. The van der Waals surface area contributed by atoms with Crippen LogP contribution in [0.3, 0.4) is 0 Å². The van der Waals surface area contributed by atoms with Gasteiger partial charge in [-0.2, -0.15) is 0 Å². The van der Waals surface area contributed by atoms with Gasteiger partial charge < -0.3 is 15.3 Å². The molecule has 1 atom stereocenters. The molecule has 1 rings (SSSR count). The van der Waals surface area contributed by atoms with Crippen LogP contribution in [0.15, 0.2) is 0 Å². The number of aliphatic hydroxyl groups excluding tert-OH is 1. The number of nitrogens with zero attached hydrogens (tertiary/aromatic N) is 1. The quantitative estimate of drug-likeness (QED) is 0.618. The van der Waals surface area contributed by atoms with Crippen molar-refractivity contribution in [2.75, 3.05) is 33.2 Å². The van der Waals surface area contributed by atoms with Crippen LogP contribution >= 0.6 is 0 Å². The minimum atomic E-state index is -0.143. The van der Waals surface area contributed by atoms with E-state index in [1.54, 1.807) is 0 Å². The smallest absolute Gasteiger partial charge is 0.0667 e. The van der Waals surface area contributed by atoms with Gasteiger partial charge in [0.05, 0.1) is 6.10 Å². The summed E-state index contributed by atoms with van der Waals surface area (Å²) in [4.78, 5) is 2.27. The fraction of sp³-hybridized carbons (Fsp3) is 1.00. The standard InChI is InChI=1S/C13H28N2O/c1-3-15(2)9-8-14-11-13(16)10-12-6-4-5-7-12/h12-14,16H,3-11H2,1-2H3. The largest absolute Gasteiger partial charge is 0.392 e. The number of aliphatic hydroxyl groups is 1. The molecular formula is C13H28N2O. The van der Waals surface area contributed by atoms with Gasteiger partial charge in [0.2, 0.25) is 0 Å². The van der Waals surface area contributed by atoms with Crippen LogP contribution in [-0.2, 0) is 0 Å². The van der Waals surface area contributed by atoms with Crippen molar-refractivity contribution >= 4 is 0 Å². The van der Waals surface area contributed by atoms with Gasteiger partial charge in [-0.1, -0.05) is 32.6 Å². The summed E-state index contributed by atoms with van der Waals surface area (Å²) in [5, 5.41) is 13.2. The lowest BCUT2D eigenvalue weighted by atomic mass is 10.0. The highest BCUT2D eigenvalue weighted by Gasteiger charge is 2.18. The van der Waals surface area contributed by atoms with Gasteiger partial charge in [0.1, 0.15) is 0 Å².